The number of amides is 1. The Morgan fingerprint density at radius 2 is 2.03 bits per heavy atom. The third kappa shape index (κ3) is 6.29. The van der Waals surface area contributed by atoms with Crippen molar-refractivity contribution in [3.05, 3.63) is 41.5 Å². The van der Waals surface area contributed by atoms with Crippen molar-refractivity contribution in [1.82, 2.24) is 15.0 Å². The first-order valence-electron chi connectivity index (χ1n) is 10.5. The third-order valence-electron chi connectivity index (χ3n) is 5.23. The maximum Gasteiger partial charge on any atom is 0.226 e. The van der Waals surface area contributed by atoms with Gasteiger partial charge in [0.2, 0.25) is 11.8 Å². The minimum absolute atomic E-state index is 0.142. The maximum atomic E-state index is 13.0. The summed E-state index contributed by atoms with van der Waals surface area (Å²) in [6, 6.07) is 8.36. The summed E-state index contributed by atoms with van der Waals surface area (Å²) in [6.07, 6.45) is 4.78. The Hall–Kier alpha value is -2.41. The van der Waals surface area contributed by atoms with E-state index >= 15 is 0 Å². The number of carbonyl (C=O) groups excluding carboxylic acids is 1. The van der Waals surface area contributed by atoms with Crippen LogP contribution in [0.25, 0.3) is 0 Å². The van der Waals surface area contributed by atoms with E-state index in [4.69, 9.17) is 9.26 Å². The van der Waals surface area contributed by atoms with Crippen molar-refractivity contribution < 1.29 is 14.1 Å². The Labute approximate surface area is 173 Å². The predicted octanol–water partition coefficient (Wildman–Crippen LogP) is 3.23. The molecule has 0 spiro atoms. The lowest BCUT2D eigenvalue weighted by Crippen LogP contribution is -2.36. The molecule has 0 N–H and O–H groups in total. The molecule has 1 amide bonds. The molecule has 1 unspecified atom stereocenters. The van der Waals surface area contributed by atoms with E-state index in [2.05, 4.69) is 39.3 Å². The van der Waals surface area contributed by atoms with E-state index in [-0.39, 0.29) is 12.0 Å². The van der Waals surface area contributed by atoms with Crippen molar-refractivity contribution in [3.8, 4) is 0 Å². The highest BCUT2D eigenvalue weighted by molar-refractivity contribution is 5.76. The molecule has 1 aromatic heterocycles. The molecule has 7 heteroatoms. The third-order valence-corrected chi connectivity index (χ3v) is 5.23. The Kier molecular flexibility index (Phi) is 7.63. The van der Waals surface area contributed by atoms with Crippen molar-refractivity contribution in [2.75, 3.05) is 32.1 Å². The number of ether oxygens (including phenoxy) is 1. The number of hydrogen-bond acceptors (Lipinski definition) is 6. The second-order valence-corrected chi connectivity index (χ2v) is 7.78. The predicted molar refractivity (Wildman–Crippen MR) is 112 cm³/mol. The molecule has 158 valence electrons. The molecule has 0 radical (unpaired) electrons. The van der Waals surface area contributed by atoms with Gasteiger partial charge in [-0.05, 0) is 37.0 Å². The average Bonchev–Trinajstić information content (AvgIpc) is 3.39. The van der Waals surface area contributed by atoms with E-state index in [1.54, 1.807) is 0 Å². The number of nitrogens with zero attached hydrogens (tertiary/aromatic N) is 4. The summed E-state index contributed by atoms with van der Waals surface area (Å²) in [5, 5.41) is 3.91. The molecule has 3 rings (SSSR count). The van der Waals surface area contributed by atoms with Gasteiger partial charge in [0, 0.05) is 58.7 Å². The van der Waals surface area contributed by atoms with E-state index < -0.39 is 0 Å². The molecule has 1 atom stereocenters. The Morgan fingerprint density at radius 3 is 2.66 bits per heavy atom. The van der Waals surface area contributed by atoms with E-state index in [1.165, 1.54) is 0 Å². The van der Waals surface area contributed by atoms with E-state index in [9.17, 15) is 4.79 Å². The van der Waals surface area contributed by atoms with Crippen LogP contribution in [0.3, 0.4) is 0 Å². The number of anilines is 1. The van der Waals surface area contributed by atoms with Crippen LogP contribution in [0.4, 0.5) is 5.69 Å². The molecule has 1 aliphatic heterocycles. The first kappa shape index (κ1) is 21.3. The number of carbonyl (C=O) groups is 1. The van der Waals surface area contributed by atoms with Gasteiger partial charge >= 0.3 is 0 Å². The highest BCUT2D eigenvalue weighted by atomic mass is 16.5. The molecule has 2 aromatic rings. The molecule has 1 aliphatic rings. The highest BCUT2D eigenvalue weighted by Crippen LogP contribution is 2.18. The first-order valence-corrected chi connectivity index (χ1v) is 10.5. The second kappa shape index (κ2) is 10.4. The van der Waals surface area contributed by atoms with Crippen LogP contribution in [0.15, 0.2) is 28.8 Å². The fourth-order valence-electron chi connectivity index (χ4n) is 3.49. The number of hydrogen-bond donors (Lipinski definition) is 0. The van der Waals surface area contributed by atoms with Gasteiger partial charge in [0.05, 0.1) is 6.10 Å². The normalized spacial score (nSPS) is 16.2. The lowest BCUT2D eigenvalue weighted by molar-refractivity contribution is -0.133. The van der Waals surface area contributed by atoms with Gasteiger partial charge in [-0.25, -0.2) is 0 Å². The lowest BCUT2D eigenvalue weighted by Gasteiger charge is -2.26. The van der Waals surface area contributed by atoms with Gasteiger partial charge in [-0.1, -0.05) is 24.2 Å². The molecule has 0 aliphatic carbocycles. The molecule has 7 nitrogen and oxygen atoms in total. The topological polar surface area (TPSA) is 71.7 Å². The van der Waals surface area contributed by atoms with Crippen LogP contribution in [0.1, 0.15) is 49.9 Å². The molecule has 1 fully saturated rings. The number of aryl methyl sites for hydroxylation is 2. The maximum absolute atomic E-state index is 13.0. The molecule has 2 heterocycles. The van der Waals surface area contributed by atoms with Crippen molar-refractivity contribution >= 4 is 11.6 Å². The number of aromatic nitrogens is 2. The largest absolute Gasteiger partial charge is 0.378 e. The van der Waals surface area contributed by atoms with Crippen LogP contribution in [0.5, 0.6) is 0 Å². The van der Waals surface area contributed by atoms with Gasteiger partial charge in [0.25, 0.3) is 0 Å². The summed E-state index contributed by atoms with van der Waals surface area (Å²) in [6.45, 7) is 4.04. The molecule has 0 saturated carbocycles. The van der Waals surface area contributed by atoms with E-state index in [1.807, 2.05) is 25.9 Å². The summed E-state index contributed by atoms with van der Waals surface area (Å²) in [7, 11) is 4.05. The van der Waals surface area contributed by atoms with Crippen LogP contribution in [0, 0.1) is 0 Å². The summed E-state index contributed by atoms with van der Waals surface area (Å²) < 4.78 is 11.0. The molecule has 29 heavy (non-hydrogen) atoms. The van der Waals surface area contributed by atoms with Crippen molar-refractivity contribution in [1.29, 1.82) is 0 Å². The zero-order valence-corrected chi connectivity index (χ0v) is 17.8. The molecular weight excluding hydrogens is 368 g/mol. The van der Waals surface area contributed by atoms with Crippen molar-refractivity contribution in [3.63, 3.8) is 0 Å². The fraction of sp³-hybridized carbons (Fsp3) is 0.591. The molecule has 1 aromatic carbocycles. The van der Waals surface area contributed by atoms with Crippen molar-refractivity contribution in [2.24, 2.45) is 0 Å². The van der Waals surface area contributed by atoms with Crippen LogP contribution in [-0.4, -0.2) is 54.3 Å². The standard InChI is InChI=1S/C22H32N4O3/c1-4-20-23-21(29-24-20)8-5-9-22(27)26(16-19-7-6-14-28-19)15-17-10-12-18(13-11-17)25(2)3/h10-13,19H,4-9,14-16H2,1-3H3. The van der Waals surface area contributed by atoms with Gasteiger partial charge in [-0.15, -0.1) is 0 Å². The minimum atomic E-state index is 0.142. The van der Waals surface area contributed by atoms with Crippen LogP contribution in [0.2, 0.25) is 0 Å². The lowest BCUT2D eigenvalue weighted by atomic mass is 10.1. The Morgan fingerprint density at radius 1 is 1.24 bits per heavy atom. The van der Waals surface area contributed by atoms with Gasteiger partial charge in [-0.2, -0.15) is 4.98 Å². The number of benzene rings is 1. The van der Waals surface area contributed by atoms with Crippen molar-refractivity contribution in [2.45, 2.75) is 58.1 Å². The summed E-state index contributed by atoms with van der Waals surface area (Å²) in [5.41, 5.74) is 2.28. The summed E-state index contributed by atoms with van der Waals surface area (Å²) >= 11 is 0. The van der Waals surface area contributed by atoms with Crippen LogP contribution < -0.4 is 4.90 Å². The quantitative estimate of drug-likeness (QED) is 0.610. The minimum Gasteiger partial charge on any atom is -0.378 e. The molecule has 1 saturated heterocycles. The Balaban J connectivity index is 1.58. The van der Waals surface area contributed by atoms with Gasteiger partial charge < -0.3 is 19.1 Å². The smallest absolute Gasteiger partial charge is 0.226 e. The monoisotopic (exact) mass is 400 g/mol. The zero-order chi connectivity index (χ0) is 20.6. The van der Waals surface area contributed by atoms with E-state index in [0.29, 0.717) is 44.1 Å². The van der Waals surface area contributed by atoms with Gasteiger partial charge in [0.15, 0.2) is 5.82 Å². The average molecular weight is 401 g/mol. The van der Waals surface area contributed by atoms with E-state index in [0.717, 1.165) is 37.1 Å². The molecular formula is C22H32N4O3. The fourth-order valence-corrected chi connectivity index (χ4v) is 3.49. The summed E-state index contributed by atoms with van der Waals surface area (Å²) in [5.74, 6) is 1.47. The van der Waals surface area contributed by atoms with Crippen LogP contribution >= 0.6 is 0 Å². The zero-order valence-electron chi connectivity index (χ0n) is 17.8. The SMILES string of the molecule is CCc1noc(CCCC(=O)N(Cc2ccc(N(C)C)cc2)CC2CCCO2)n1. The van der Waals surface area contributed by atoms with Crippen LogP contribution in [-0.2, 0) is 28.9 Å². The van der Waals surface area contributed by atoms with Gasteiger partial charge in [-0.3, -0.25) is 4.79 Å². The van der Waals surface area contributed by atoms with Gasteiger partial charge in [0.1, 0.15) is 0 Å². The second-order valence-electron chi connectivity index (χ2n) is 7.78. The molecule has 0 bridgehead atoms. The summed E-state index contributed by atoms with van der Waals surface area (Å²) in [4.78, 5) is 21.3. The number of rotatable bonds is 10. The Bertz CT molecular complexity index is 767. The first-order chi connectivity index (χ1) is 14.0. The highest BCUT2D eigenvalue weighted by Gasteiger charge is 2.23.